The average molecular weight is 393 g/mol. The third-order valence-electron chi connectivity index (χ3n) is 5.53. The molecule has 2 heterocycles. The van der Waals surface area contributed by atoms with Crippen LogP contribution < -0.4 is 0 Å². The highest BCUT2D eigenvalue weighted by Crippen LogP contribution is 2.26. The number of hydrogen-bond donors (Lipinski definition) is 1. The van der Waals surface area contributed by atoms with Crippen LogP contribution in [0.5, 0.6) is 0 Å². The van der Waals surface area contributed by atoms with E-state index < -0.39 is 11.6 Å². The van der Waals surface area contributed by atoms with Gasteiger partial charge in [-0.05, 0) is 43.2 Å². The number of ether oxygens (including phenoxy) is 1. The molecule has 0 unspecified atom stereocenters. The van der Waals surface area contributed by atoms with Gasteiger partial charge in [0.05, 0.1) is 36.5 Å². The van der Waals surface area contributed by atoms with Gasteiger partial charge in [-0.3, -0.25) is 9.48 Å². The minimum absolute atomic E-state index is 0.104. The number of likely N-dealkylation sites (tertiary alicyclic amines) is 1. The summed E-state index contributed by atoms with van der Waals surface area (Å²) in [5, 5.41) is 16.5. The summed E-state index contributed by atoms with van der Waals surface area (Å²) in [6.07, 6.45) is 2.76. The van der Waals surface area contributed by atoms with Crippen LogP contribution in [0.15, 0.2) is 54.7 Å². The first-order valence-electron chi connectivity index (χ1n) is 9.60. The van der Waals surface area contributed by atoms with E-state index in [4.69, 9.17) is 0 Å². The molecule has 1 fully saturated rings. The molecule has 0 radical (unpaired) electrons. The molecular weight excluding hydrogens is 370 g/mol. The van der Waals surface area contributed by atoms with E-state index in [2.05, 4.69) is 9.84 Å². The van der Waals surface area contributed by atoms with Crippen LogP contribution in [0, 0.1) is 0 Å². The lowest BCUT2D eigenvalue weighted by atomic mass is 9.91. The van der Waals surface area contributed by atoms with Crippen molar-refractivity contribution in [2.45, 2.75) is 25.0 Å². The summed E-state index contributed by atoms with van der Waals surface area (Å²) in [5.74, 6) is -0.536. The summed E-state index contributed by atoms with van der Waals surface area (Å²) in [4.78, 5) is 26.0. The van der Waals surface area contributed by atoms with E-state index >= 15 is 0 Å². The summed E-state index contributed by atoms with van der Waals surface area (Å²) in [6.45, 7) is 1.33. The van der Waals surface area contributed by atoms with Gasteiger partial charge in [-0.15, -0.1) is 0 Å². The van der Waals surface area contributed by atoms with E-state index in [1.54, 1.807) is 35.4 Å². The van der Waals surface area contributed by atoms with Crippen LogP contribution in [0.3, 0.4) is 0 Å². The standard InChI is InChI=1S/C22H23N3O4/c1-29-21(27)17-8-6-16(7-9-17)20(26)24-12-10-22(28,11-13-24)15-25-19-5-3-2-4-18(19)14-23-25/h2-9,14,28H,10-13,15H2,1H3. The minimum Gasteiger partial charge on any atom is -0.465 e. The van der Waals surface area contributed by atoms with Gasteiger partial charge >= 0.3 is 5.97 Å². The highest BCUT2D eigenvalue weighted by Gasteiger charge is 2.35. The Balaban J connectivity index is 1.40. The number of amides is 1. The monoisotopic (exact) mass is 393 g/mol. The van der Waals surface area contributed by atoms with Gasteiger partial charge < -0.3 is 14.7 Å². The Bertz CT molecular complexity index is 1030. The molecule has 4 rings (SSSR count). The molecule has 0 aliphatic carbocycles. The molecule has 7 heteroatoms. The first-order valence-corrected chi connectivity index (χ1v) is 9.60. The van der Waals surface area contributed by atoms with E-state index in [9.17, 15) is 14.7 Å². The smallest absolute Gasteiger partial charge is 0.337 e. The predicted molar refractivity (Wildman–Crippen MR) is 108 cm³/mol. The number of nitrogens with zero attached hydrogens (tertiary/aromatic N) is 3. The van der Waals surface area contributed by atoms with E-state index in [0.717, 1.165) is 10.9 Å². The number of aromatic nitrogens is 2. The lowest BCUT2D eigenvalue weighted by Crippen LogP contribution is -2.48. The topological polar surface area (TPSA) is 84.7 Å². The van der Waals surface area contributed by atoms with Crippen molar-refractivity contribution in [3.8, 4) is 0 Å². The van der Waals surface area contributed by atoms with E-state index in [1.807, 2.05) is 28.9 Å². The number of rotatable bonds is 4. The SMILES string of the molecule is COC(=O)c1ccc(C(=O)N2CCC(O)(Cn3ncc4ccccc43)CC2)cc1. The number of esters is 1. The van der Waals surface area contributed by atoms with Crippen LogP contribution in [0.2, 0.25) is 0 Å². The molecule has 29 heavy (non-hydrogen) atoms. The number of hydrogen-bond acceptors (Lipinski definition) is 5. The molecule has 1 saturated heterocycles. The Morgan fingerprint density at radius 3 is 2.41 bits per heavy atom. The molecule has 150 valence electrons. The first-order chi connectivity index (χ1) is 14.0. The van der Waals surface area contributed by atoms with Crippen LogP contribution in [0.1, 0.15) is 33.6 Å². The summed E-state index contributed by atoms with van der Waals surface area (Å²) in [6, 6.07) is 14.3. The van der Waals surface area contributed by atoms with Crippen LogP contribution in [-0.4, -0.2) is 57.5 Å². The van der Waals surface area contributed by atoms with Crippen molar-refractivity contribution in [2.75, 3.05) is 20.2 Å². The summed E-state index contributed by atoms with van der Waals surface area (Å²) in [7, 11) is 1.32. The number of carbonyl (C=O) groups excluding carboxylic acids is 2. The Morgan fingerprint density at radius 2 is 1.72 bits per heavy atom. The van der Waals surface area contributed by atoms with Crippen LogP contribution in [0.4, 0.5) is 0 Å². The summed E-state index contributed by atoms with van der Waals surface area (Å²) >= 11 is 0. The van der Waals surface area contributed by atoms with Gasteiger partial charge in [-0.25, -0.2) is 4.79 Å². The molecule has 1 aromatic heterocycles. The van der Waals surface area contributed by atoms with Crippen LogP contribution in [-0.2, 0) is 11.3 Å². The van der Waals surface area contributed by atoms with Crippen molar-refractivity contribution in [1.82, 2.24) is 14.7 Å². The molecule has 1 N–H and O–H groups in total. The second-order valence-electron chi connectivity index (χ2n) is 7.45. The van der Waals surface area contributed by atoms with E-state index in [0.29, 0.717) is 43.6 Å². The van der Waals surface area contributed by atoms with Crippen molar-refractivity contribution in [1.29, 1.82) is 0 Å². The number of para-hydroxylation sites is 1. The molecule has 3 aromatic rings. The summed E-state index contributed by atoms with van der Waals surface area (Å²) < 4.78 is 6.51. The largest absolute Gasteiger partial charge is 0.465 e. The maximum absolute atomic E-state index is 12.8. The zero-order chi connectivity index (χ0) is 20.4. The third-order valence-corrected chi connectivity index (χ3v) is 5.53. The zero-order valence-corrected chi connectivity index (χ0v) is 16.2. The van der Waals surface area contributed by atoms with Gasteiger partial charge in [0, 0.05) is 24.0 Å². The number of benzene rings is 2. The Hall–Kier alpha value is -3.19. The van der Waals surface area contributed by atoms with Crippen molar-refractivity contribution in [3.05, 3.63) is 65.9 Å². The van der Waals surface area contributed by atoms with Crippen molar-refractivity contribution < 1.29 is 19.4 Å². The highest BCUT2D eigenvalue weighted by molar-refractivity contribution is 5.96. The highest BCUT2D eigenvalue weighted by atomic mass is 16.5. The van der Waals surface area contributed by atoms with E-state index in [-0.39, 0.29) is 5.91 Å². The number of fused-ring (bicyclic) bond motifs is 1. The van der Waals surface area contributed by atoms with Crippen LogP contribution in [0.25, 0.3) is 10.9 Å². The second-order valence-corrected chi connectivity index (χ2v) is 7.45. The van der Waals surface area contributed by atoms with Crippen molar-refractivity contribution >= 4 is 22.8 Å². The second kappa shape index (κ2) is 7.67. The molecule has 1 amide bonds. The molecule has 0 bridgehead atoms. The van der Waals surface area contributed by atoms with E-state index in [1.165, 1.54) is 7.11 Å². The Labute approximate surface area is 168 Å². The van der Waals surface area contributed by atoms with Gasteiger partial charge in [-0.2, -0.15) is 5.10 Å². The fourth-order valence-electron chi connectivity index (χ4n) is 3.76. The molecular formula is C22H23N3O4. The lowest BCUT2D eigenvalue weighted by Gasteiger charge is -2.38. The maximum Gasteiger partial charge on any atom is 0.337 e. The van der Waals surface area contributed by atoms with Gasteiger partial charge in [0.1, 0.15) is 0 Å². The Morgan fingerprint density at radius 1 is 1.07 bits per heavy atom. The normalized spacial score (nSPS) is 16.0. The molecule has 1 aliphatic heterocycles. The number of piperidine rings is 1. The lowest BCUT2D eigenvalue weighted by molar-refractivity contribution is -0.0306. The zero-order valence-electron chi connectivity index (χ0n) is 16.2. The number of carbonyl (C=O) groups is 2. The molecule has 0 atom stereocenters. The van der Waals surface area contributed by atoms with Crippen molar-refractivity contribution in [3.63, 3.8) is 0 Å². The Kier molecular flexibility index (Phi) is 5.07. The van der Waals surface area contributed by atoms with Gasteiger partial charge in [0.2, 0.25) is 0 Å². The summed E-state index contributed by atoms with van der Waals surface area (Å²) in [5.41, 5.74) is 1.01. The van der Waals surface area contributed by atoms with Crippen molar-refractivity contribution in [2.24, 2.45) is 0 Å². The average Bonchev–Trinajstić information content (AvgIpc) is 3.16. The minimum atomic E-state index is -0.902. The first kappa shape index (κ1) is 19.1. The molecule has 0 spiro atoms. The predicted octanol–water partition coefficient (Wildman–Crippen LogP) is 2.49. The fourth-order valence-corrected chi connectivity index (χ4v) is 3.76. The molecule has 7 nitrogen and oxygen atoms in total. The number of aliphatic hydroxyl groups is 1. The van der Waals surface area contributed by atoms with Gasteiger partial charge in [0.15, 0.2) is 0 Å². The molecule has 1 aliphatic rings. The quantitative estimate of drug-likeness (QED) is 0.689. The van der Waals surface area contributed by atoms with Gasteiger partial charge in [0.25, 0.3) is 5.91 Å². The molecule has 0 saturated carbocycles. The molecule has 2 aromatic carbocycles. The van der Waals surface area contributed by atoms with Crippen LogP contribution >= 0.6 is 0 Å². The fraction of sp³-hybridized carbons (Fsp3) is 0.318. The third kappa shape index (κ3) is 3.86. The maximum atomic E-state index is 12.8. The number of methoxy groups -OCH3 is 1. The van der Waals surface area contributed by atoms with Gasteiger partial charge in [-0.1, -0.05) is 18.2 Å².